The van der Waals surface area contributed by atoms with Crippen LogP contribution in [-0.4, -0.2) is 27.1 Å². The average molecular weight is 392 g/mol. The molecule has 0 fully saturated rings. The van der Waals surface area contributed by atoms with Crippen molar-refractivity contribution in [3.05, 3.63) is 52.0 Å². The van der Waals surface area contributed by atoms with Gasteiger partial charge in [-0.25, -0.2) is 0 Å². The Kier molecular flexibility index (Phi) is 5.87. The second-order valence-electron chi connectivity index (χ2n) is 4.89. The minimum atomic E-state index is -0.196. The van der Waals surface area contributed by atoms with Gasteiger partial charge >= 0.3 is 0 Å². The predicted molar refractivity (Wildman–Crippen MR) is 98.2 cm³/mol. The lowest BCUT2D eigenvalue weighted by molar-refractivity contribution is 0.104. The van der Waals surface area contributed by atoms with Crippen LogP contribution < -0.4 is 19.9 Å². The van der Waals surface area contributed by atoms with E-state index in [1.54, 1.807) is 56.7 Å². The van der Waals surface area contributed by atoms with E-state index in [0.717, 1.165) is 5.56 Å². The largest absolute Gasteiger partial charge is 0.497 e. The highest BCUT2D eigenvalue weighted by Crippen LogP contribution is 2.29. The molecular weight excluding hydrogens is 374 g/mol. The van der Waals surface area contributed by atoms with Crippen LogP contribution in [-0.2, 0) is 0 Å². The van der Waals surface area contributed by atoms with Crippen molar-refractivity contribution in [2.45, 2.75) is 0 Å². The number of nitrogen functional groups attached to an aromatic ring is 1. The Morgan fingerprint density at radius 1 is 1.00 bits per heavy atom. The standard InChI is InChI=1S/C18H18BrNO4/c1-22-13-5-7-16(23-2)12(8-13)9-14(19)18(21)11-4-6-15(20)17(10-11)24-3/h4-10H,20H2,1-3H3. The number of ether oxygens (including phenoxy) is 3. The maximum Gasteiger partial charge on any atom is 0.200 e. The first kappa shape index (κ1) is 17.9. The molecule has 126 valence electrons. The van der Waals surface area contributed by atoms with E-state index < -0.39 is 0 Å². The number of Topliss-reactive ketones (excluding diaryl/α,β-unsaturated/α-hetero) is 1. The zero-order chi connectivity index (χ0) is 17.7. The number of nitrogens with two attached hydrogens (primary N) is 1. The Balaban J connectivity index is 2.38. The number of benzene rings is 2. The number of hydrogen-bond acceptors (Lipinski definition) is 5. The van der Waals surface area contributed by atoms with Gasteiger partial charge in [-0.15, -0.1) is 0 Å². The summed E-state index contributed by atoms with van der Waals surface area (Å²) in [7, 11) is 4.65. The van der Waals surface area contributed by atoms with E-state index in [1.165, 1.54) is 7.11 Å². The summed E-state index contributed by atoms with van der Waals surface area (Å²) in [4.78, 5) is 12.6. The number of rotatable bonds is 6. The molecule has 0 heterocycles. The van der Waals surface area contributed by atoms with Gasteiger partial charge in [-0.2, -0.15) is 0 Å². The molecule has 0 saturated carbocycles. The van der Waals surface area contributed by atoms with Crippen LogP contribution in [0.1, 0.15) is 15.9 Å². The van der Waals surface area contributed by atoms with E-state index in [0.29, 0.717) is 33.0 Å². The minimum absolute atomic E-state index is 0.196. The number of carbonyl (C=O) groups excluding carboxylic acids is 1. The number of allylic oxidation sites excluding steroid dienone is 1. The molecule has 24 heavy (non-hydrogen) atoms. The quantitative estimate of drug-likeness (QED) is 0.459. The number of halogens is 1. The van der Waals surface area contributed by atoms with Crippen LogP contribution in [0.2, 0.25) is 0 Å². The van der Waals surface area contributed by atoms with Crippen molar-refractivity contribution in [3.63, 3.8) is 0 Å². The first-order valence-electron chi connectivity index (χ1n) is 7.07. The lowest BCUT2D eigenvalue weighted by Gasteiger charge is -2.09. The van der Waals surface area contributed by atoms with Gasteiger partial charge in [0, 0.05) is 11.1 Å². The Labute approximate surface area is 149 Å². The van der Waals surface area contributed by atoms with Gasteiger partial charge in [0.1, 0.15) is 17.2 Å². The molecule has 0 aliphatic rings. The number of ketones is 1. The normalized spacial score (nSPS) is 11.1. The van der Waals surface area contributed by atoms with Gasteiger partial charge in [0.15, 0.2) is 5.78 Å². The van der Waals surface area contributed by atoms with E-state index in [2.05, 4.69) is 15.9 Å². The van der Waals surface area contributed by atoms with Crippen molar-refractivity contribution < 1.29 is 19.0 Å². The third kappa shape index (κ3) is 3.89. The highest BCUT2D eigenvalue weighted by atomic mass is 79.9. The third-order valence-corrected chi connectivity index (χ3v) is 4.02. The molecular formula is C18H18BrNO4. The number of carbonyl (C=O) groups is 1. The lowest BCUT2D eigenvalue weighted by Crippen LogP contribution is -2.01. The van der Waals surface area contributed by atoms with Crippen molar-refractivity contribution in [2.24, 2.45) is 0 Å². The highest BCUT2D eigenvalue weighted by Gasteiger charge is 2.13. The van der Waals surface area contributed by atoms with Gasteiger partial charge in [0.2, 0.25) is 0 Å². The highest BCUT2D eigenvalue weighted by molar-refractivity contribution is 9.12. The molecule has 0 unspecified atom stereocenters. The molecule has 5 nitrogen and oxygen atoms in total. The molecule has 2 N–H and O–H groups in total. The number of methoxy groups -OCH3 is 3. The third-order valence-electron chi connectivity index (χ3n) is 3.43. The summed E-state index contributed by atoms with van der Waals surface area (Å²) in [5.41, 5.74) is 7.44. The van der Waals surface area contributed by atoms with Crippen LogP contribution in [0, 0.1) is 0 Å². The van der Waals surface area contributed by atoms with E-state index in [4.69, 9.17) is 19.9 Å². The Morgan fingerprint density at radius 2 is 1.71 bits per heavy atom. The van der Waals surface area contributed by atoms with E-state index in [1.807, 2.05) is 0 Å². The summed E-state index contributed by atoms with van der Waals surface area (Å²) in [5, 5.41) is 0. The molecule has 0 aliphatic carbocycles. The molecule has 0 bridgehead atoms. The SMILES string of the molecule is COc1ccc(OC)c(C=C(Br)C(=O)c2ccc(N)c(OC)c2)c1. The molecule has 0 amide bonds. The van der Waals surface area contributed by atoms with Crippen LogP contribution in [0.5, 0.6) is 17.2 Å². The summed E-state index contributed by atoms with van der Waals surface area (Å²) < 4.78 is 16.1. The number of hydrogen-bond donors (Lipinski definition) is 1. The fourth-order valence-corrected chi connectivity index (χ4v) is 2.62. The first-order valence-corrected chi connectivity index (χ1v) is 7.87. The summed E-state index contributed by atoms with van der Waals surface area (Å²) in [6, 6.07) is 10.3. The van der Waals surface area contributed by atoms with E-state index in [-0.39, 0.29) is 5.78 Å². The van der Waals surface area contributed by atoms with E-state index >= 15 is 0 Å². The van der Waals surface area contributed by atoms with Crippen molar-refractivity contribution >= 4 is 33.5 Å². The summed E-state index contributed by atoms with van der Waals surface area (Å²) in [6.07, 6.45) is 1.69. The van der Waals surface area contributed by atoms with Crippen molar-refractivity contribution in [3.8, 4) is 17.2 Å². The van der Waals surface area contributed by atoms with Crippen LogP contribution in [0.3, 0.4) is 0 Å². The summed E-state index contributed by atoms with van der Waals surface area (Å²) >= 11 is 3.33. The smallest absolute Gasteiger partial charge is 0.200 e. The fraction of sp³-hybridized carbons (Fsp3) is 0.167. The summed E-state index contributed by atoms with van der Waals surface area (Å²) in [6.45, 7) is 0. The maximum atomic E-state index is 12.6. The molecule has 0 saturated heterocycles. The van der Waals surface area contributed by atoms with Gasteiger partial charge in [0.25, 0.3) is 0 Å². The molecule has 2 rings (SSSR count). The molecule has 2 aromatic carbocycles. The molecule has 0 atom stereocenters. The van der Waals surface area contributed by atoms with Gasteiger partial charge in [0.05, 0.1) is 31.5 Å². The average Bonchev–Trinajstić information content (AvgIpc) is 2.61. The molecule has 0 spiro atoms. The van der Waals surface area contributed by atoms with Crippen LogP contribution in [0.4, 0.5) is 5.69 Å². The van der Waals surface area contributed by atoms with Gasteiger partial charge < -0.3 is 19.9 Å². The zero-order valence-corrected chi connectivity index (χ0v) is 15.2. The van der Waals surface area contributed by atoms with Gasteiger partial charge in [-0.3, -0.25) is 4.79 Å². The van der Waals surface area contributed by atoms with Crippen LogP contribution in [0.15, 0.2) is 40.9 Å². The Bertz CT molecular complexity index is 787. The van der Waals surface area contributed by atoms with Crippen LogP contribution in [0.25, 0.3) is 6.08 Å². The first-order chi connectivity index (χ1) is 11.5. The Hall–Kier alpha value is -2.47. The molecule has 0 radical (unpaired) electrons. The summed E-state index contributed by atoms with van der Waals surface area (Å²) in [5.74, 6) is 1.57. The van der Waals surface area contributed by atoms with Crippen molar-refractivity contribution in [1.29, 1.82) is 0 Å². The van der Waals surface area contributed by atoms with Gasteiger partial charge in [-0.1, -0.05) is 0 Å². The molecule has 0 aliphatic heterocycles. The second-order valence-corrected chi connectivity index (χ2v) is 5.74. The van der Waals surface area contributed by atoms with Crippen molar-refractivity contribution in [1.82, 2.24) is 0 Å². The lowest BCUT2D eigenvalue weighted by atomic mass is 10.1. The monoisotopic (exact) mass is 391 g/mol. The zero-order valence-electron chi connectivity index (χ0n) is 13.6. The van der Waals surface area contributed by atoms with E-state index in [9.17, 15) is 4.79 Å². The maximum absolute atomic E-state index is 12.6. The second kappa shape index (κ2) is 7.88. The predicted octanol–water partition coefficient (Wildman–Crippen LogP) is 3.91. The van der Waals surface area contributed by atoms with Crippen LogP contribution >= 0.6 is 15.9 Å². The topological polar surface area (TPSA) is 70.8 Å². The molecule has 6 heteroatoms. The van der Waals surface area contributed by atoms with Crippen molar-refractivity contribution in [2.75, 3.05) is 27.1 Å². The molecule has 2 aromatic rings. The van der Waals surface area contributed by atoms with Gasteiger partial charge in [-0.05, 0) is 58.4 Å². The molecule has 0 aromatic heterocycles. The minimum Gasteiger partial charge on any atom is -0.497 e. The Morgan fingerprint density at radius 3 is 2.33 bits per heavy atom. The number of anilines is 1. The fourth-order valence-electron chi connectivity index (χ4n) is 2.14.